The molecule has 1 amide bonds. The number of amides is 1. The predicted molar refractivity (Wildman–Crippen MR) is 91.4 cm³/mol. The van der Waals surface area contributed by atoms with Crippen molar-refractivity contribution in [3.8, 4) is 5.75 Å². The maximum absolute atomic E-state index is 11.9. The monoisotopic (exact) mass is 358 g/mol. The summed E-state index contributed by atoms with van der Waals surface area (Å²) in [5.41, 5.74) is -0.0409. The van der Waals surface area contributed by atoms with Crippen LogP contribution in [-0.4, -0.2) is 25.0 Å². The zero-order chi connectivity index (χ0) is 18.5. The predicted octanol–water partition coefficient (Wildman–Crippen LogP) is 0.844. The van der Waals surface area contributed by atoms with Crippen molar-refractivity contribution in [3.05, 3.63) is 40.8 Å². The van der Waals surface area contributed by atoms with E-state index >= 15 is 0 Å². The van der Waals surface area contributed by atoms with E-state index < -0.39 is 11.6 Å². The van der Waals surface area contributed by atoms with Crippen LogP contribution in [0.2, 0.25) is 0 Å². The van der Waals surface area contributed by atoms with E-state index in [9.17, 15) is 19.5 Å². The Kier molecular flexibility index (Phi) is 5.55. The van der Waals surface area contributed by atoms with Gasteiger partial charge >= 0.3 is 5.63 Å². The van der Waals surface area contributed by atoms with Gasteiger partial charge in [0.05, 0.1) is 0 Å². The first-order valence-electron chi connectivity index (χ1n) is 8.65. The Bertz CT molecular complexity index is 850. The van der Waals surface area contributed by atoms with E-state index in [1.54, 1.807) is 24.3 Å². The quantitative estimate of drug-likeness (QED) is 0.767. The number of benzene rings is 1. The second-order valence-corrected chi connectivity index (χ2v) is 6.58. The van der Waals surface area contributed by atoms with E-state index in [4.69, 9.17) is 9.15 Å². The average molecular weight is 358 g/mol. The molecule has 0 radical (unpaired) electrons. The number of aliphatic carboxylic acids is 1. The molecule has 7 nitrogen and oxygen atoms in total. The molecule has 1 aliphatic carbocycles. The summed E-state index contributed by atoms with van der Waals surface area (Å²) in [6, 6.07) is 8.03. The molecule has 0 aliphatic heterocycles. The topological polar surface area (TPSA) is 109 Å². The Labute approximate surface area is 150 Å². The first-order valence-corrected chi connectivity index (χ1v) is 8.65. The zero-order valence-corrected chi connectivity index (χ0v) is 14.2. The minimum atomic E-state index is -0.980. The number of ether oxygens (including phenoxy) is 1. The highest BCUT2D eigenvalue weighted by Crippen LogP contribution is 2.27. The van der Waals surface area contributed by atoms with Crippen LogP contribution in [0.25, 0.3) is 11.0 Å². The molecule has 1 aromatic heterocycles. The molecule has 26 heavy (non-hydrogen) atoms. The minimum absolute atomic E-state index is 0.142. The molecule has 138 valence electrons. The van der Waals surface area contributed by atoms with Gasteiger partial charge in [0.2, 0.25) is 0 Å². The standard InChI is InChI=1S/C19H21NO6/c21-17(20-10-12-1-3-14(4-2-12)19(23)24)11-25-15-7-5-13-6-8-18(22)26-16(13)9-15/h5-9,12,14H,1-4,10-11H2,(H,20,21)(H,23,24)/p-1. The summed E-state index contributed by atoms with van der Waals surface area (Å²) in [7, 11) is 0. The van der Waals surface area contributed by atoms with Crippen LogP contribution in [0.15, 0.2) is 39.5 Å². The van der Waals surface area contributed by atoms with Gasteiger partial charge in [0.25, 0.3) is 5.91 Å². The highest BCUT2D eigenvalue weighted by molar-refractivity contribution is 5.79. The van der Waals surface area contributed by atoms with Crippen molar-refractivity contribution in [1.82, 2.24) is 5.32 Å². The normalized spacial score (nSPS) is 19.8. The summed E-state index contributed by atoms with van der Waals surface area (Å²) in [5.74, 6) is -0.868. The van der Waals surface area contributed by atoms with E-state index in [1.807, 2.05) is 0 Å². The lowest BCUT2D eigenvalue weighted by atomic mass is 9.82. The van der Waals surface area contributed by atoms with Gasteiger partial charge in [-0.15, -0.1) is 0 Å². The highest BCUT2D eigenvalue weighted by Gasteiger charge is 2.22. The summed E-state index contributed by atoms with van der Waals surface area (Å²) in [6.07, 6.45) is 2.73. The molecule has 0 atom stereocenters. The molecule has 1 aliphatic rings. The lowest BCUT2D eigenvalue weighted by Crippen LogP contribution is -2.37. The van der Waals surface area contributed by atoms with Crippen LogP contribution in [0.5, 0.6) is 5.75 Å². The van der Waals surface area contributed by atoms with E-state index in [0.717, 1.165) is 18.2 Å². The molecule has 0 spiro atoms. The van der Waals surface area contributed by atoms with E-state index in [1.165, 1.54) is 6.07 Å². The Morgan fingerprint density at radius 1 is 1.15 bits per heavy atom. The fraction of sp³-hybridized carbons (Fsp3) is 0.421. The molecule has 1 fully saturated rings. The molecule has 0 unspecified atom stereocenters. The Morgan fingerprint density at radius 3 is 2.62 bits per heavy atom. The summed E-state index contributed by atoms with van der Waals surface area (Å²) >= 11 is 0. The maximum atomic E-state index is 11.9. The van der Waals surface area contributed by atoms with Gasteiger partial charge < -0.3 is 24.4 Å². The number of nitrogens with one attached hydrogen (secondary N) is 1. The number of carbonyl (C=O) groups is 2. The summed E-state index contributed by atoms with van der Waals surface area (Å²) < 4.78 is 10.5. The molecule has 2 aromatic rings. The smallest absolute Gasteiger partial charge is 0.336 e. The molecule has 1 aromatic carbocycles. The van der Waals surface area contributed by atoms with Gasteiger partial charge in [0, 0.05) is 30.0 Å². The largest absolute Gasteiger partial charge is 0.550 e. The van der Waals surface area contributed by atoms with Crippen LogP contribution in [0.3, 0.4) is 0 Å². The van der Waals surface area contributed by atoms with Crippen molar-refractivity contribution >= 4 is 22.8 Å². The van der Waals surface area contributed by atoms with Gasteiger partial charge in [-0.2, -0.15) is 0 Å². The summed E-state index contributed by atoms with van der Waals surface area (Å²) in [4.78, 5) is 34.0. The van der Waals surface area contributed by atoms with Gasteiger partial charge in [-0.3, -0.25) is 4.79 Å². The SMILES string of the molecule is O=C(COc1ccc2ccc(=O)oc2c1)NCC1CCC(C(=O)[O-])CC1. The third-order valence-electron chi connectivity index (χ3n) is 4.73. The van der Waals surface area contributed by atoms with Crippen LogP contribution < -0.4 is 20.8 Å². The second-order valence-electron chi connectivity index (χ2n) is 6.58. The van der Waals surface area contributed by atoms with Crippen molar-refractivity contribution < 1.29 is 23.8 Å². The van der Waals surface area contributed by atoms with Crippen molar-refractivity contribution in [3.63, 3.8) is 0 Å². The summed E-state index contributed by atoms with van der Waals surface area (Å²) in [5, 5.41) is 14.4. The highest BCUT2D eigenvalue weighted by atomic mass is 16.5. The lowest BCUT2D eigenvalue weighted by Gasteiger charge is -2.29. The second kappa shape index (κ2) is 8.03. The van der Waals surface area contributed by atoms with E-state index in [2.05, 4.69) is 5.32 Å². The third-order valence-corrected chi connectivity index (χ3v) is 4.73. The maximum Gasteiger partial charge on any atom is 0.336 e. The molecular weight excluding hydrogens is 338 g/mol. The Hall–Kier alpha value is -2.83. The van der Waals surface area contributed by atoms with Crippen LogP contribution in [0.1, 0.15) is 25.7 Å². The zero-order valence-electron chi connectivity index (χ0n) is 14.2. The van der Waals surface area contributed by atoms with Crippen LogP contribution >= 0.6 is 0 Å². The van der Waals surface area contributed by atoms with Crippen molar-refractivity contribution in [2.75, 3.05) is 13.2 Å². The fourth-order valence-corrected chi connectivity index (χ4v) is 3.19. The van der Waals surface area contributed by atoms with E-state index in [0.29, 0.717) is 30.7 Å². The summed E-state index contributed by atoms with van der Waals surface area (Å²) in [6.45, 7) is 0.367. The number of fused-ring (bicyclic) bond motifs is 1. The first-order chi connectivity index (χ1) is 12.5. The van der Waals surface area contributed by atoms with Gasteiger partial charge in [0.15, 0.2) is 6.61 Å². The van der Waals surface area contributed by atoms with Crippen LogP contribution in [0, 0.1) is 11.8 Å². The molecule has 1 N–H and O–H groups in total. The molecule has 3 rings (SSSR count). The van der Waals surface area contributed by atoms with Crippen molar-refractivity contribution in [1.29, 1.82) is 0 Å². The number of carboxylic acid groups (broad SMARTS) is 1. The minimum Gasteiger partial charge on any atom is -0.550 e. The average Bonchev–Trinajstić information content (AvgIpc) is 2.64. The molecule has 0 saturated heterocycles. The Morgan fingerprint density at radius 2 is 1.88 bits per heavy atom. The molecular formula is C19H20NO6-. The number of carbonyl (C=O) groups excluding carboxylic acids is 2. The molecule has 1 saturated carbocycles. The van der Waals surface area contributed by atoms with Crippen LogP contribution in [-0.2, 0) is 9.59 Å². The third kappa shape index (κ3) is 4.62. The Balaban J connectivity index is 1.44. The number of hydrogen-bond donors (Lipinski definition) is 1. The number of rotatable bonds is 6. The van der Waals surface area contributed by atoms with Crippen LogP contribution in [0.4, 0.5) is 0 Å². The number of hydrogen-bond acceptors (Lipinski definition) is 6. The lowest BCUT2D eigenvalue weighted by molar-refractivity contribution is -0.312. The van der Waals surface area contributed by atoms with Crippen molar-refractivity contribution in [2.45, 2.75) is 25.7 Å². The fourth-order valence-electron chi connectivity index (χ4n) is 3.19. The van der Waals surface area contributed by atoms with Gasteiger partial charge in [0.1, 0.15) is 11.3 Å². The molecule has 7 heteroatoms. The molecule has 1 heterocycles. The first kappa shape index (κ1) is 18.0. The van der Waals surface area contributed by atoms with E-state index in [-0.39, 0.29) is 24.3 Å². The van der Waals surface area contributed by atoms with Gasteiger partial charge in [-0.05, 0) is 55.7 Å². The number of carboxylic acids is 1. The van der Waals surface area contributed by atoms with Gasteiger partial charge in [-0.1, -0.05) is 0 Å². The van der Waals surface area contributed by atoms with Gasteiger partial charge in [-0.25, -0.2) is 4.79 Å². The molecule has 0 bridgehead atoms. The van der Waals surface area contributed by atoms with Crippen molar-refractivity contribution in [2.24, 2.45) is 11.8 Å².